The average Bonchev–Trinajstić information content (AvgIpc) is 2.62. The van der Waals surface area contributed by atoms with Gasteiger partial charge in [0, 0.05) is 12.1 Å². The molecule has 0 aromatic heterocycles. The molecule has 3 aliphatic rings. The molecule has 0 amide bonds. The molecule has 3 rings (SSSR count). The van der Waals surface area contributed by atoms with Crippen LogP contribution in [0.5, 0.6) is 0 Å². The summed E-state index contributed by atoms with van der Waals surface area (Å²) in [4.78, 5) is 2.78. The number of hydrogen-bond donors (Lipinski definition) is 0. The molecule has 2 saturated heterocycles. The van der Waals surface area contributed by atoms with E-state index in [2.05, 4.69) is 11.8 Å². The molecule has 1 saturated carbocycles. The summed E-state index contributed by atoms with van der Waals surface area (Å²) in [6.45, 7) is 5.35. The zero-order valence-electron chi connectivity index (χ0n) is 8.05. The first-order chi connectivity index (χ1) is 5.81. The average molecular weight is 165 g/mol. The van der Waals surface area contributed by atoms with Gasteiger partial charge in [-0.05, 0) is 51.0 Å². The summed E-state index contributed by atoms with van der Waals surface area (Å²) in [5.74, 6) is 2.15. The molecule has 0 radical (unpaired) electrons. The van der Waals surface area contributed by atoms with Gasteiger partial charge in [0.25, 0.3) is 0 Å². The van der Waals surface area contributed by atoms with Crippen LogP contribution < -0.4 is 0 Å². The van der Waals surface area contributed by atoms with Crippen LogP contribution in [0.25, 0.3) is 0 Å². The van der Waals surface area contributed by atoms with Gasteiger partial charge in [-0.15, -0.1) is 0 Å². The molecule has 2 aliphatic heterocycles. The van der Waals surface area contributed by atoms with Gasteiger partial charge in [0.2, 0.25) is 0 Å². The normalized spacial score (nSPS) is 52.8. The molecular formula is C11H19N. The number of fused-ring (bicyclic) bond motifs is 3. The van der Waals surface area contributed by atoms with Crippen LogP contribution in [0.1, 0.15) is 39.0 Å². The maximum atomic E-state index is 2.78. The molecule has 1 heteroatoms. The van der Waals surface area contributed by atoms with E-state index < -0.39 is 0 Å². The van der Waals surface area contributed by atoms with Gasteiger partial charge in [0.05, 0.1) is 0 Å². The topological polar surface area (TPSA) is 3.24 Å². The first-order valence-corrected chi connectivity index (χ1v) is 5.56. The highest BCUT2D eigenvalue weighted by molar-refractivity contribution is 5.07. The standard InChI is InChI=1S/C11H19N/c1-11-6-3-7-12(11)8-9-4-2-5-10(9)11/h9-10H,2-8H2,1H3. The van der Waals surface area contributed by atoms with E-state index in [1.165, 1.54) is 45.2 Å². The van der Waals surface area contributed by atoms with E-state index in [-0.39, 0.29) is 0 Å². The van der Waals surface area contributed by atoms with Crippen molar-refractivity contribution in [3.63, 3.8) is 0 Å². The Kier molecular flexibility index (Phi) is 1.39. The largest absolute Gasteiger partial charge is 0.297 e. The SMILES string of the molecule is CC12CCCN1CC1CCCC12. The predicted molar refractivity (Wildman–Crippen MR) is 50.0 cm³/mol. The van der Waals surface area contributed by atoms with E-state index in [4.69, 9.17) is 0 Å². The molecule has 1 aliphatic carbocycles. The highest BCUT2D eigenvalue weighted by Gasteiger charge is 2.53. The van der Waals surface area contributed by atoms with Crippen molar-refractivity contribution in [3.8, 4) is 0 Å². The lowest BCUT2D eigenvalue weighted by Crippen LogP contribution is -2.39. The Morgan fingerprint density at radius 1 is 1.25 bits per heavy atom. The molecule has 2 heterocycles. The van der Waals surface area contributed by atoms with Gasteiger partial charge in [-0.3, -0.25) is 4.90 Å². The molecule has 12 heavy (non-hydrogen) atoms. The molecule has 1 nitrogen and oxygen atoms in total. The zero-order chi connectivity index (χ0) is 8.18. The monoisotopic (exact) mass is 165 g/mol. The molecule has 0 bridgehead atoms. The molecule has 3 fully saturated rings. The van der Waals surface area contributed by atoms with E-state index >= 15 is 0 Å². The van der Waals surface area contributed by atoms with Crippen LogP contribution >= 0.6 is 0 Å². The highest BCUT2D eigenvalue weighted by atomic mass is 15.3. The smallest absolute Gasteiger partial charge is 0.0213 e. The minimum Gasteiger partial charge on any atom is -0.297 e. The van der Waals surface area contributed by atoms with Crippen molar-refractivity contribution in [1.82, 2.24) is 4.90 Å². The zero-order valence-corrected chi connectivity index (χ0v) is 8.05. The number of rotatable bonds is 0. The van der Waals surface area contributed by atoms with E-state index in [0.29, 0.717) is 5.54 Å². The Morgan fingerprint density at radius 2 is 2.17 bits per heavy atom. The Labute approximate surface area is 75.1 Å². The maximum Gasteiger partial charge on any atom is 0.0213 e. The summed E-state index contributed by atoms with van der Waals surface area (Å²) in [7, 11) is 0. The van der Waals surface area contributed by atoms with Crippen LogP contribution in [-0.2, 0) is 0 Å². The van der Waals surface area contributed by atoms with Crippen LogP contribution in [0.4, 0.5) is 0 Å². The second-order valence-electron chi connectivity index (χ2n) is 5.20. The Hall–Kier alpha value is -0.0400. The third kappa shape index (κ3) is 0.736. The van der Waals surface area contributed by atoms with Crippen molar-refractivity contribution in [1.29, 1.82) is 0 Å². The molecule has 0 spiro atoms. The molecule has 0 aromatic rings. The summed E-state index contributed by atoms with van der Waals surface area (Å²) in [5, 5.41) is 0. The maximum absolute atomic E-state index is 2.78. The fraction of sp³-hybridized carbons (Fsp3) is 1.00. The fourth-order valence-electron chi connectivity index (χ4n) is 4.12. The van der Waals surface area contributed by atoms with Crippen molar-refractivity contribution in [3.05, 3.63) is 0 Å². The van der Waals surface area contributed by atoms with Crippen molar-refractivity contribution in [2.75, 3.05) is 13.1 Å². The molecule has 3 atom stereocenters. The summed E-state index contributed by atoms with van der Waals surface area (Å²) < 4.78 is 0. The third-order valence-corrected chi connectivity index (χ3v) is 4.75. The Morgan fingerprint density at radius 3 is 3.08 bits per heavy atom. The second kappa shape index (κ2) is 2.25. The van der Waals surface area contributed by atoms with Crippen molar-refractivity contribution in [2.45, 2.75) is 44.6 Å². The van der Waals surface area contributed by atoms with Crippen LogP contribution in [0.3, 0.4) is 0 Å². The lowest BCUT2D eigenvalue weighted by Gasteiger charge is -2.32. The van der Waals surface area contributed by atoms with Crippen LogP contribution in [0, 0.1) is 11.8 Å². The molecular weight excluding hydrogens is 146 g/mol. The van der Waals surface area contributed by atoms with Gasteiger partial charge < -0.3 is 0 Å². The van der Waals surface area contributed by atoms with Crippen LogP contribution in [0.15, 0.2) is 0 Å². The Bertz CT molecular complexity index is 201. The van der Waals surface area contributed by atoms with Gasteiger partial charge in [-0.25, -0.2) is 0 Å². The van der Waals surface area contributed by atoms with Crippen molar-refractivity contribution >= 4 is 0 Å². The number of hydrogen-bond acceptors (Lipinski definition) is 1. The van der Waals surface area contributed by atoms with Gasteiger partial charge >= 0.3 is 0 Å². The molecule has 68 valence electrons. The summed E-state index contributed by atoms with van der Waals surface area (Å²) >= 11 is 0. The third-order valence-electron chi connectivity index (χ3n) is 4.75. The van der Waals surface area contributed by atoms with E-state index in [0.717, 1.165) is 11.8 Å². The lowest BCUT2D eigenvalue weighted by molar-refractivity contribution is 0.169. The lowest BCUT2D eigenvalue weighted by atomic mass is 9.81. The summed E-state index contributed by atoms with van der Waals surface area (Å²) in [5.41, 5.74) is 0.640. The summed E-state index contributed by atoms with van der Waals surface area (Å²) in [6, 6.07) is 0. The Balaban J connectivity index is 1.93. The van der Waals surface area contributed by atoms with Gasteiger partial charge in [-0.1, -0.05) is 6.42 Å². The minimum atomic E-state index is 0.640. The second-order valence-corrected chi connectivity index (χ2v) is 5.20. The highest BCUT2D eigenvalue weighted by Crippen LogP contribution is 2.52. The van der Waals surface area contributed by atoms with Crippen molar-refractivity contribution < 1.29 is 0 Å². The number of nitrogens with zero attached hydrogens (tertiary/aromatic N) is 1. The first kappa shape index (κ1) is 7.37. The van der Waals surface area contributed by atoms with E-state index in [1.54, 1.807) is 0 Å². The van der Waals surface area contributed by atoms with Crippen LogP contribution in [-0.4, -0.2) is 23.5 Å². The van der Waals surface area contributed by atoms with Crippen molar-refractivity contribution in [2.24, 2.45) is 11.8 Å². The minimum absolute atomic E-state index is 0.640. The summed E-state index contributed by atoms with van der Waals surface area (Å²) in [6.07, 6.45) is 7.50. The van der Waals surface area contributed by atoms with Crippen LogP contribution in [0.2, 0.25) is 0 Å². The predicted octanol–water partition coefficient (Wildman–Crippen LogP) is 2.27. The quantitative estimate of drug-likeness (QED) is 0.532. The van der Waals surface area contributed by atoms with Gasteiger partial charge in [0.15, 0.2) is 0 Å². The van der Waals surface area contributed by atoms with Gasteiger partial charge in [-0.2, -0.15) is 0 Å². The molecule has 3 unspecified atom stereocenters. The molecule has 0 N–H and O–H groups in total. The molecule has 0 aromatic carbocycles. The van der Waals surface area contributed by atoms with Gasteiger partial charge in [0.1, 0.15) is 0 Å². The van der Waals surface area contributed by atoms with E-state index in [1.807, 2.05) is 0 Å². The fourth-order valence-corrected chi connectivity index (χ4v) is 4.12. The van der Waals surface area contributed by atoms with E-state index in [9.17, 15) is 0 Å². The first-order valence-electron chi connectivity index (χ1n) is 5.56.